The first-order valence-corrected chi connectivity index (χ1v) is 6.39. The standard InChI is InChI=1S/C13H18N2S/c1-4-11-5-7-12(8-6-11)13(15-3)9-16-10-14-2/h5-9,14H,3-4,10H2,1-2H3/b13-9-. The Morgan fingerprint density at radius 3 is 2.62 bits per heavy atom. The van der Waals surface area contributed by atoms with E-state index < -0.39 is 0 Å². The molecule has 0 aliphatic rings. The lowest BCUT2D eigenvalue weighted by Crippen LogP contribution is -2.01. The Morgan fingerprint density at radius 2 is 2.12 bits per heavy atom. The van der Waals surface area contributed by atoms with Crippen LogP contribution in [0.25, 0.3) is 5.70 Å². The lowest BCUT2D eigenvalue weighted by atomic mass is 10.1. The van der Waals surface area contributed by atoms with Gasteiger partial charge in [0.1, 0.15) is 0 Å². The molecule has 0 amide bonds. The van der Waals surface area contributed by atoms with Crippen LogP contribution in [0, 0.1) is 0 Å². The number of rotatable bonds is 6. The smallest absolute Gasteiger partial charge is 0.0758 e. The fourth-order valence-electron chi connectivity index (χ4n) is 1.31. The van der Waals surface area contributed by atoms with Crippen molar-refractivity contribution in [2.75, 3.05) is 12.9 Å². The van der Waals surface area contributed by atoms with Crippen molar-refractivity contribution in [1.82, 2.24) is 5.32 Å². The minimum absolute atomic E-state index is 0.881. The molecule has 0 fully saturated rings. The topological polar surface area (TPSA) is 24.4 Å². The van der Waals surface area contributed by atoms with Crippen LogP contribution in [0.4, 0.5) is 0 Å². The molecule has 3 heteroatoms. The molecule has 0 saturated heterocycles. The first-order chi connectivity index (χ1) is 7.81. The number of aliphatic imine (C=N–C) groups is 1. The molecule has 86 valence electrons. The highest BCUT2D eigenvalue weighted by atomic mass is 32.2. The zero-order chi connectivity index (χ0) is 11.8. The van der Waals surface area contributed by atoms with Crippen LogP contribution in [-0.2, 0) is 6.42 Å². The highest BCUT2D eigenvalue weighted by Gasteiger charge is 1.98. The normalized spacial score (nSPS) is 11.5. The summed E-state index contributed by atoms with van der Waals surface area (Å²) < 4.78 is 0. The van der Waals surface area contributed by atoms with Gasteiger partial charge < -0.3 is 5.32 Å². The van der Waals surface area contributed by atoms with E-state index in [1.54, 1.807) is 11.8 Å². The fraction of sp³-hybridized carbons (Fsp3) is 0.308. The summed E-state index contributed by atoms with van der Waals surface area (Å²) >= 11 is 1.68. The van der Waals surface area contributed by atoms with E-state index in [0.717, 1.165) is 23.6 Å². The van der Waals surface area contributed by atoms with Gasteiger partial charge in [-0.15, -0.1) is 11.8 Å². The van der Waals surface area contributed by atoms with Gasteiger partial charge in [0, 0.05) is 11.4 Å². The predicted octanol–water partition coefficient (Wildman–Crippen LogP) is 3.16. The van der Waals surface area contributed by atoms with E-state index in [2.05, 4.69) is 48.2 Å². The van der Waals surface area contributed by atoms with E-state index in [1.165, 1.54) is 5.56 Å². The third-order valence-corrected chi connectivity index (χ3v) is 3.10. The molecule has 0 bridgehead atoms. The molecular weight excluding hydrogens is 216 g/mol. The van der Waals surface area contributed by atoms with Crippen molar-refractivity contribution in [1.29, 1.82) is 0 Å². The number of nitrogens with zero attached hydrogens (tertiary/aromatic N) is 1. The number of hydrogen-bond donors (Lipinski definition) is 1. The number of thioether (sulfide) groups is 1. The molecule has 0 heterocycles. The number of hydrogen-bond acceptors (Lipinski definition) is 3. The number of benzene rings is 1. The fourth-order valence-corrected chi connectivity index (χ4v) is 1.93. The third kappa shape index (κ3) is 3.83. The van der Waals surface area contributed by atoms with Crippen molar-refractivity contribution in [2.24, 2.45) is 4.99 Å². The summed E-state index contributed by atoms with van der Waals surface area (Å²) in [6, 6.07) is 8.47. The Morgan fingerprint density at radius 1 is 1.44 bits per heavy atom. The Hall–Kier alpha value is -1.06. The molecule has 0 saturated carbocycles. The second kappa shape index (κ2) is 7.25. The van der Waals surface area contributed by atoms with Crippen molar-refractivity contribution >= 4 is 24.2 Å². The summed E-state index contributed by atoms with van der Waals surface area (Å²) in [4.78, 5) is 4.05. The zero-order valence-corrected chi connectivity index (χ0v) is 10.7. The summed E-state index contributed by atoms with van der Waals surface area (Å²) in [5, 5.41) is 5.11. The minimum atomic E-state index is 0.881. The minimum Gasteiger partial charge on any atom is -0.311 e. The molecule has 0 spiro atoms. The van der Waals surface area contributed by atoms with Crippen molar-refractivity contribution in [3.63, 3.8) is 0 Å². The summed E-state index contributed by atoms with van der Waals surface area (Å²) in [5.74, 6) is 0.881. The zero-order valence-electron chi connectivity index (χ0n) is 9.86. The molecule has 1 rings (SSSR count). The van der Waals surface area contributed by atoms with E-state index in [0.29, 0.717) is 0 Å². The van der Waals surface area contributed by atoms with E-state index in [1.807, 2.05) is 12.5 Å². The van der Waals surface area contributed by atoms with Gasteiger partial charge in [-0.1, -0.05) is 31.2 Å². The molecule has 2 nitrogen and oxygen atoms in total. The average Bonchev–Trinajstić information content (AvgIpc) is 2.35. The quantitative estimate of drug-likeness (QED) is 0.464. The lowest BCUT2D eigenvalue weighted by molar-refractivity contribution is 0.985. The van der Waals surface area contributed by atoms with Gasteiger partial charge in [-0.3, -0.25) is 4.99 Å². The number of nitrogens with one attached hydrogen (secondary N) is 1. The van der Waals surface area contributed by atoms with Gasteiger partial charge in [0.05, 0.1) is 5.70 Å². The molecule has 0 aliphatic heterocycles. The molecule has 0 radical (unpaired) electrons. The SMILES string of the molecule is C=N/C(=C\SCNC)c1ccc(CC)cc1. The Kier molecular flexibility index (Phi) is 5.90. The predicted molar refractivity (Wildman–Crippen MR) is 74.9 cm³/mol. The van der Waals surface area contributed by atoms with E-state index in [9.17, 15) is 0 Å². The monoisotopic (exact) mass is 234 g/mol. The highest BCUT2D eigenvalue weighted by Crippen LogP contribution is 2.19. The van der Waals surface area contributed by atoms with Crippen molar-refractivity contribution in [3.8, 4) is 0 Å². The largest absolute Gasteiger partial charge is 0.311 e. The Bertz CT molecular complexity index is 355. The first kappa shape index (κ1) is 13.0. The maximum Gasteiger partial charge on any atom is 0.0758 e. The van der Waals surface area contributed by atoms with Crippen LogP contribution in [-0.4, -0.2) is 19.6 Å². The second-order valence-corrected chi connectivity index (χ2v) is 4.23. The van der Waals surface area contributed by atoms with Gasteiger partial charge in [-0.05, 0) is 31.2 Å². The molecule has 0 unspecified atom stereocenters. The van der Waals surface area contributed by atoms with Crippen LogP contribution < -0.4 is 5.32 Å². The average molecular weight is 234 g/mol. The molecule has 1 aromatic rings. The second-order valence-electron chi connectivity index (χ2n) is 3.38. The summed E-state index contributed by atoms with van der Waals surface area (Å²) in [6.07, 6.45) is 1.06. The van der Waals surface area contributed by atoms with Crippen LogP contribution in [0.2, 0.25) is 0 Å². The van der Waals surface area contributed by atoms with E-state index >= 15 is 0 Å². The maximum absolute atomic E-state index is 4.05. The molecular formula is C13H18N2S. The van der Waals surface area contributed by atoms with Crippen LogP contribution in [0.15, 0.2) is 34.7 Å². The lowest BCUT2D eigenvalue weighted by Gasteiger charge is -2.03. The highest BCUT2D eigenvalue weighted by molar-refractivity contribution is 8.02. The van der Waals surface area contributed by atoms with Gasteiger partial charge in [0.15, 0.2) is 0 Å². The van der Waals surface area contributed by atoms with Crippen LogP contribution >= 0.6 is 11.8 Å². The van der Waals surface area contributed by atoms with E-state index in [-0.39, 0.29) is 0 Å². The van der Waals surface area contributed by atoms with Crippen molar-refractivity contribution in [3.05, 3.63) is 40.8 Å². The van der Waals surface area contributed by atoms with Gasteiger partial charge >= 0.3 is 0 Å². The maximum atomic E-state index is 4.05. The van der Waals surface area contributed by atoms with Crippen LogP contribution in [0.1, 0.15) is 18.1 Å². The van der Waals surface area contributed by atoms with E-state index in [4.69, 9.17) is 0 Å². The van der Waals surface area contributed by atoms with Gasteiger partial charge in [-0.25, -0.2) is 0 Å². The first-order valence-electron chi connectivity index (χ1n) is 5.34. The summed E-state index contributed by atoms with van der Waals surface area (Å²) in [7, 11) is 1.93. The van der Waals surface area contributed by atoms with Crippen LogP contribution in [0.3, 0.4) is 0 Å². The van der Waals surface area contributed by atoms with Gasteiger partial charge in [-0.2, -0.15) is 0 Å². The van der Waals surface area contributed by atoms with Gasteiger partial charge in [0.25, 0.3) is 0 Å². The number of aryl methyl sites for hydroxylation is 1. The summed E-state index contributed by atoms with van der Waals surface area (Å²) in [6.45, 7) is 5.76. The third-order valence-electron chi connectivity index (χ3n) is 2.25. The molecule has 0 atom stereocenters. The molecule has 0 aromatic heterocycles. The van der Waals surface area contributed by atoms with Crippen molar-refractivity contribution < 1.29 is 0 Å². The van der Waals surface area contributed by atoms with Crippen LogP contribution in [0.5, 0.6) is 0 Å². The molecule has 1 aromatic carbocycles. The van der Waals surface area contributed by atoms with Crippen molar-refractivity contribution in [2.45, 2.75) is 13.3 Å². The Labute approximate surface area is 102 Å². The molecule has 16 heavy (non-hydrogen) atoms. The Balaban J connectivity index is 2.78. The summed E-state index contributed by atoms with van der Waals surface area (Å²) in [5.41, 5.74) is 3.40. The molecule has 0 aliphatic carbocycles. The molecule has 1 N–H and O–H groups in total. The van der Waals surface area contributed by atoms with Gasteiger partial charge in [0.2, 0.25) is 0 Å².